The van der Waals surface area contributed by atoms with Gasteiger partial charge in [-0.1, -0.05) is 6.08 Å². The first-order valence-corrected chi connectivity index (χ1v) is 2.82. The number of hydrogen-bond acceptors (Lipinski definition) is 2. The third-order valence-corrected chi connectivity index (χ3v) is 0.167. The van der Waals surface area contributed by atoms with Crippen LogP contribution < -0.4 is 5.73 Å². The summed E-state index contributed by atoms with van der Waals surface area (Å²) in [7, 11) is 0. The highest BCUT2D eigenvalue weighted by molar-refractivity contribution is 7.73. The van der Waals surface area contributed by atoms with Gasteiger partial charge in [0.25, 0.3) is 11.4 Å². The van der Waals surface area contributed by atoms with Crippen LogP contribution in [0.2, 0.25) is 0 Å². The van der Waals surface area contributed by atoms with Gasteiger partial charge < -0.3 is 5.73 Å². The Bertz CT molecular complexity index is 70.9. The normalized spacial score (nSPS) is 7.50. The Labute approximate surface area is 50.5 Å². The highest BCUT2D eigenvalue weighted by Crippen LogP contribution is 1.44. The molecule has 0 spiro atoms. The molecule has 8 heavy (non-hydrogen) atoms. The van der Waals surface area contributed by atoms with Gasteiger partial charge in [-0.25, -0.2) is 0 Å². The molecule has 0 aromatic heterocycles. The fourth-order valence-electron chi connectivity index (χ4n) is 0. The summed E-state index contributed by atoms with van der Waals surface area (Å²) in [5.74, 6) is 0. The quantitative estimate of drug-likeness (QED) is 0.347. The topological polar surface area (TPSA) is 83.6 Å². The van der Waals surface area contributed by atoms with Crippen molar-refractivity contribution in [3.05, 3.63) is 12.7 Å². The van der Waals surface area contributed by atoms with Gasteiger partial charge in [-0.2, -0.15) is 4.21 Å². The highest BCUT2D eigenvalue weighted by atomic mass is 32.2. The van der Waals surface area contributed by atoms with Crippen molar-refractivity contribution in [2.75, 3.05) is 6.54 Å². The first kappa shape index (κ1) is 10.7. The van der Waals surface area contributed by atoms with Crippen molar-refractivity contribution < 1.29 is 13.3 Å². The van der Waals surface area contributed by atoms with Gasteiger partial charge in [0.15, 0.2) is 0 Å². The average molecular weight is 139 g/mol. The standard InChI is InChI=1S/C3H7N.H2O3S/c1-2-3-4;1-4(2)3/h2H,1,3-4H2;(H2,1,2,3). The molecule has 0 saturated carbocycles. The minimum absolute atomic E-state index is 0.583. The van der Waals surface area contributed by atoms with Gasteiger partial charge in [0, 0.05) is 6.54 Å². The van der Waals surface area contributed by atoms with E-state index in [1.54, 1.807) is 6.08 Å². The molecule has 0 bridgehead atoms. The summed E-state index contributed by atoms with van der Waals surface area (Å²) in [4.78, 5) is 0. The van der Waals surface area contributed by atoms with Crippen molar-refractivity contribution in [1.82, 2.24) is 0 Å². The van der Waals surface area contributed by atoms with E-state index in [2.05, 4.69) is 6.58 Å². The zero-order chi connectivity index (χ0) is 6.99. The number of nitrogens with two attached hydrogens (primary N) is 1. The van der Waals surface area contributed by atoms with Gasteiger partial charge in [-0.15, -0.1) is 6.58 Å². The Hall–Kier alpha value is -0.230. The zero-order valence-corrected chi connectivity index (χ0v) is 5.10. The van der Waals surface area contributed by atoms with Crippen molar-refractivity contribution in [1.29, 1.82) is 0 Å². The second kappa shape index (κ2) is 9.91. The fraction of sp³-hybridized carbons (Fsp3) is 0.333. The molecule has 0 fully saturated rings. The maximum atomic E-state index is 8.67. The van der Waals surface area contributed by atoms with Crippen molar-refractivity contribution in [2.45, 2.75) is 0 Å². The molecule has 50 valence electrons. The van der Waals surface area contributed by atoms with Crippen LogP contribution in [0.4, 0.5) is 0 Å². The van der Waals surface area contributed by atoms with Gasteiger partial charge in [-0.3, -0.25) is 9.11 Å². The van der Waals surface area contributed by atoms with Crippen molar-refractivity contribution in [3.8, 4) is 0 Å². The van der Waals surface area contributed by atoms with E-state index in [0.29, 0.717) is 6.54 Å². The van der Waals surface area contributed by atoms with Crippen molar-refractivity contribution in [2.24, 2.45) is 5.73 Å². The molecule has 0 amide bonds. The van der Waals surface area contributed by atoms with E-state index in [9.17, 15) is 0 Å². The lowest BCUT2D eigenvalue weighted by Crippen LogP contribution is -1.90. The van der Waals surface area contributed by atoms with Crippen LogP contribution in [0, 0.1) is 0 Å². The molecule has 0 aliphatic heterocycles. The second-order valence-corrected chi connectivity index (χ2v) is 1.22. The van der Waals surface area contributed by atoms with Gasteiger partial charge in [0.2, 0.25) is 0 Å². The molecule has 0 atom stereocenters. The van der Waals surface area contributed by atoms with Crippen LogP contribution in [-0.4, -0.2) is 19.9 Å². The van der Waals surface area contributed by atoms with E-state index in [1.165, 1.54) is 0 Å². The Balaban J connectivity index is 0. The molecule has 0 aliphatic rings. The van der Waals surface area contributed by atoms with E-state index in [1.807, 2.05) is 0 Å². The Morgan fingerprint density at radius 1 is 1.75 bits per heavy atom. The third-order valence-electron chi connectivity index (χ3n) is 0.167. The number of hydrogen-bond donors (Lipinski definition) is 3. The van der Waals surface area contributed by atoms with Crippen LogP contribution in [0.1, 0.15) is 0 Å². The molecular formula is C3H9NO3S. The van der Waals surface area contributed by atoms with Gasteiger partial charge in [0.05, 0.1) is 0 Å². The smallest absolute Gasteiger partial charge is 0.299 e. The fourth-order valence-corrected chi connectivity index (χ4v) is 0. The summed E-state index contributed by atoms with van der Waals surface area (Å²) >= 11 is -2.61. The summed E-state index contributed by atoms with van der Waals surface area (Å²) in [6, 6.07) is 0. The van der Waals surface area contributed by atoms with E-state index in [4.69, 9.17) is 19.0 Å². The van der Waals surface area contributed by atoms with E-state index < -0.39 is 11.4 Å². The molecule has 0 unspecified atom stereocenters. The largest absolute Gasteiger partial charge is 0.327 e. The summed E-state index contributed by atoms with van der Waals surface area (Å²) < 4.78 is 22.8. The monoisotopic (exact) mass is 139 g/mol. The molecule has 0 aromatic carbocycles. The van der Waals surface area contributed by atoms with E-state index >= 15 is 0 Å². The van der Waals surface area contributed by atoms with Crippen LogP contribution >= 0.6 is 0 Å². The third kappa shape index (κ3) is 221. The average Bonchev–Trinajstić information content (AvgIpc) is 1.65. The molecule has 0 radical (unpaired) electrons. The minimum atomic E-state index is -2.61. The predicted octanol–water partition coefficient (Wildman–Crippen LogP) is -0.188. The van der Waals surface area contributed by atoms with Crippen LogP contribution in [0.25, 0.3) is 0 Å². The molecule has 4 nitrogen and oxygen atoms in total. The predicted molar refractivity (Wildman–Crippen MR) is 32.7 cm³/mol. The van der Waals surface area contributed by atoms with Crippen molar-refractivity contribution >= 4 is 11.4 Å². The van der Waals surface area contributed by atoms with Gasteiger partial charge in [0.1, 0.15) is 0 Å². The molecular weight excluding hydrogens is 130 g/mol. The second-order valence-electron chi connectivity index (χ2n) is 0.755. The molecule has 0 saturated heterocycles. The first-order valence-electron chi connectivity index (χ1n) is 1.76. The molecule has 4 N–H and O–H groups in total. The number of rotatable bonds is 1. The molecule has 0 aromatic rings. The highest BCUT2D eigenvalue weighted by Gasteiger charge is 1.62. The van der Waals surface area contributed by atoms with Crippen molar-refractivity contribution in [3.63, 3.8) is 0 Å². The Morgan fingerprint density at radius 2 is 1.88 bits per heavy atom. The SMILES string of the molecule is C=CCN.O=S(O)O. The molecule has 5 heteroatoms. The molecule has 0 rings (SSSR count). The van der Waals surface area contributed by atoms with E-state index in [0.717, 1.165) is 0 Å². The van der Waals surface area contributed by atoms with Crippen LogP contribution in [-0.2, 0) is 11.4 Å². The lowest BCUT2D eigenvalue weighted by Gasteiger charge is -1.61. The minimum Gasteiger partial charge on any atom is -0.327 e. The van der Waals surface area contributed by atoms with Crippen LogP contribution in [0.5, 0.6) is 0 Å². The summed E-state index contributed by atoms with van der Waals surface area (Å²) in [5.41, 5.74) is 4.91. The maximum absolute atomic E-state index is 8.67. The molecule has 0 aliphatic carbocycles. The molecule has 0 heterocycles. The van der Waals surface area contributed by atoms with Crippen LogP contribution in [0.3, 0.4) is 0 Å². The lowest BCUT2D eigenvalue weighted by molar-refractivity contribution is 0.454. The first-order chi connectivity index (χ1) is 3.65. The van der Waals surface area contributed by atoms with Crippen LogP contribution in [0.15, 0.2) is 12.7 Å². The van der Waals surface area contributed by atoms with Gasteiger partial charge in [-0.05, 0) is 0 Å². The summed E-state index contributed by atoms with van der Waals surface area (Å²) in [6.07, 6.45) is 1.65. The zero-order valence-electron chi connectivity index (χ0n) is 4.28. The summed E-state index contributed by atoms with van der Waals surface area (Å²) in [5, 5.41) is 0. The van der Waals surface area contributed by atoms with Gasteiger partial charge >= 0.3 is 0 Å². The van der Waals surface area contributed by atoms with E-state index in [-0.39, 0.29) is 0 Å². The lowest BCUT2D eigenvalue weighted by atomic mass is 10.7. The summed E-state index contributed by atoms with van der Waals surface area (Å²) in [6.45, 7) is 3.94. The maximum Gasteiger partial charge on any atom is 0.299 e. The Morgan fingerprint density at radius 3 is 1.88 bits per heavy atom. The Kier molecular flexibility index (Phi) is 13.2.